The maximum absolute atomic E-state index is 12.9. The molecule has 3 aliphatic heterocycles. The lowest BCUT2D eigenvalue weighted by atomic mass is 9.91. The van der Waals surface area contributed by atoms with Crippen LogP contribution >= 0.6 is 0 Å². The van der Waals surface area contributed by atoms with Crippen LogP contribution in [0.1, 0.15) is 38.2 Å². The minimum absolute atomic E-state index is 0.00536. The van der Waals surface area contributed by atoms with Crippen molar-refractivity contribution >= 4 is 17.7 Å². The molecule has 3 amide bonds. The standard InChI is InChI=1S/C21H27N3O4/c1-16(25)24-12-17-6-2-3-7-18(17)28-21(15-24)9-5-11-23(14-21)20(27)13-22-10-4-8-19(22)26/h2-3,6-7H,4-5,8-15H2,1H3/t21-/m0/s1. The van der Waals surface area contributed by atoms with Crippen molar-refractivity contribution < 1.29 is 19.1 Å². The monoisotopic (exact) mass is 385 g/mol. The zero-order valence-corrected chi connectivity index (χ0v) is 16.4. The van der Waals surface area contributed by atoms with Gasteiger partial charge in [0, 0.05) is 38.5 Å². The predicted molar refractivity (Wildman–Crippen MR) is 103 cm³/mol. The minimum Gasteiger partial charge on any atom is -0.483 e. The second-order valence-electron chi connectivity index (χ2n) is 8.11. The van der Waals surface area contributed by atoms with E-state index in [1.165, 1.54) is 0 Å². The van der Waals surface area contributed by atoms with Gasteiger partial charge in [0.2, 0.25) is 17.7 Å². The van der Waals surface area contributed by atoms with E-state index in [1.54, 1.807) is 16.7 Å². The number of hydrogen-bond acceptors (Lipinski definition) is 4. The number of rotatable bonds is 2. The van der Waals surface area contributed by atoms with Gasteiger partial charge >= 0.3 is 0 Å². The van der Waals surface area contributed by atoms with E-state index in [0.29, 0.717) is 39.1 Å². The van der Waals surface area contributed by atoms with Gasteiger partial charge in [-0.05, 0) is 25.3 Å². The molecule has 150 valence electrons. The summed E-state index contributed by atoms with van der Waals surface area (Å²) in [5.41, 5.74) is 0.377. The quantitative estimate of drug-likeness (QED) is 0.772. The Kier molecular flexibility index (Phi) is 5.00. The summed E-state index contributed by atoms with van der Waals surface area (Å²) in [6.45, 7) is 4.45. The lowest BCUT2D eigenvalue weighted by molar-refractivity contribution is -0.144. The molecule has 0 unspecified atom stereocenters. The Hall–Kier alpha value is -2.57. The van der Waals surface area contributed by atoms with Crippen LogP contribution in [-0.4, -0.2) is 70.7 Å². The number of piperidine rings is 1. The third kappa shape index (κ3) is 3.70. The van der Waals surface area contributed by atoms with E-state index in [2.05, 4.69) is 0 Å². The topological polar surface area (TPSA) is 70.2 Å². The highest BCUT2D eigenvalue weighted by Gasteiger charge is 2.43. The molecular formula is C21H27N3O4. The molecule has 0 bridgehead atoms. The van der Waals surface area contributed by atoms with Crippen molar-refractivity contribution in [3.8, 4) is 5.75 Å². The highest BCUT2D eigenvalue weighted by molar-refractivity contribution is 5.86. The van der Waals surface area contributed by atoms with Gasteiger partial charge in [-0.15, -0.1) is 0 Å². The number of ether oxygens (including phenoxy) is 1. The first kappa shape index (κ1) is 18.8. The average molecular weight is 385 g/mol. The highest BCUT2D eigenvalue weighted by Crippen LogP contribution is 2.34. The number of hydrogen-bond donors (Lipinski definition) is 0. The molecule has 7 nitrogen and oxygen atoms in total. The molecule has 3 heterocycles. The van der Waals surface area contributed by atoms with Crippen molar-refractivity contribution in [2.24, 2.45) is 0 Å². The number of benzene rings is 1. The Morgan fingerprint density at radius 3 is 2.64 bits per heavy atom. The van der Waals surface area contributed by atoms with Crippen LogP contribution < -0.4 is 4.74 Å². The minimum atomic E-state index is -0.610. The van der Waals surface area contributed by atoms with E-state index in [0.717, 1.165) is 30.6 Å². The third-order valence-electron chi connectivity index (χ3n) is 5.97. The van der Waals surface area contributed by atoms with E-state index >= 15 is 0 Å². The van der Waals surface area contributed by atoms with Crippen LogP contribution in [0.15, 0.2) is 24.3 Å². The lowest BCUT2D eigenvalue weighted by Crippen LogP contribution is -2.59. The summed E-state index contributed by atoms with van der Waals surface area (Å²) in [6, 6.07) is 7.79. The molecule has 1 spiro atoms. The molecule has 28 heavy (non-hydrogen) atoms. The summed E-state index contributed by atoms with van der Waals surface area (Å²) in [4.78, 5) is 42.2. The molecule has 0 aliphatic carbocycles. The smallest absolute Gasteiger partial charge is 0.242 e. The Balaban J connectivity index is 1.54. The number of para-hydroxylation sites is 1. The molecule has 0 saturated carbocycles. The summed E-state index contributed by atoms with van der Waals surface area (Å²) in [6.07, 6.45) is 2.96. The second-order valence-corrected chi connectivity index (χ2v) is 8.11. The van der Waals surface area contributed by atoms with Gasteiger partial charge in [-0.25, -0.2) is 0 Å². The summed E-state index contributed by atoms with van der Waals surface area (Å²) in [5.74, 6) is 0.813. The van der Waals surface area contributed by atoms with Gasteiger partial charge in [0.25, 0.3) is 0 Å². The van der Waals surface area contributed by atoms with Crippen molar-refractivity contribution in [1.82, 2.24) is 14.7 Å². The van der Waals surface area contributed by atoms with E-state index in [-0.39, 0.29) is 24.3 Å². The van der Waals surface area contributed by atoms with Crippen molar-refractivity contribution in [2.75, 3.05) is 32.7 Å². The van der Waals surface area contributed by atoms with Gasteiger partial charge in [-0.1, -0.05) is 18.2 Å². The second kappa shape index (κ2) is 7.45. The Morgan fingerprint density at radius 2 is 1.89 bits per heavy atom. The fourth-order valence-corrected chi connectivity index (χ4v) is 4.49. The van der Waals surface area contributed by atoms with Crippen LogP contribution in [0.4, 0.5) is 0 Å². The fourth-order valence-electron chi connectivity index (χ4n) is 4.49. The van der Waals surface area contributed by atoms with Gasteiger partial charge in [0.1, 0.15) is 11.4 Å². The molecule has 0 radical (unpaired) electrons. The van der Waals surface area contributed by atoms with Crippen molar-refractivity contribution in [2.45, 2.75) is 44.8 Å². The van der Waals surface area contributed by atoms with Gasteiger partial charge in [-0.2, -0.15) is 0 Å². The number of fused-ring (bicyclic) bond motifs is 1. The van der Waals surface area contributed by atoms with Crippen LogP contribution in [0, 0.1) is 0 Å². The molecular weight excluding hydrogens is 358 g/mol. The number of amides is 3. The number of carbonyl (C=O) groups excluding carboxylic acids is 3. The molecule has 2 fully saturated rings. The number of nitrogens with zero attached hydrogens (tertiary/aromatic N) is 3. The molecule has 0 aromatic heterocycles. The van der Waals surface area contributed by atoms with Crippen LogP contribution in [0.2, 0.25) is 0 Å². The van der Waals surface area contributed by atoms with Crippen LogP contribution in [-0.2, 0) is 20.9 Å². The van der Waals surface area contributed by atoms with Gasteiger partial charge < -0.3 is 19.4 Å². The van der Waals surface area contributed by atoms with Crippen LogP contribution in [0.5, 0.6) is 5.75 Å². The summed E-state index contributed by atoms with van der Waals surface area (Å²) >= 11 is 0. The molecule has 3 aliphatic rings. The molecule has 1 aromatic carbocycles. The first-order chi connectivity index (χ1) is 13.5. The normalized spacial score (nSPS) is 24.8. The van der Waals surface area contributed by atoms with Crippen molar-refractivity contribution in [3.05, 3.63) is 29.8 Å². The largest absolute Gasteiger partial charge is 0.483 e. The SMILES string of the molecule is CC(=O)N1Cc2ccccc2O[C@]2(CCCN(C(=O)CN3CCCC3=O)C2)C1. The van der Waals surface area contributed by atoms with Crippen LogP contribution in [0.3, 0.4) is 0 Å². The zero-order valence-electron chi connectivity index (χ0n) is 16.4. The number of carbonyl (C=O) groups is 3. The first-order valence-corrected chi connectivity index (χ1v) is 10.0. The maximum Gasteiger partial charge on any atom is 0.242 e. The third-order valence-corrected chi connectivity index (χ3v) is 5.97. The fraction of sp³-hybridized carbons (Fsp3) is 0.571. The maximum atomic E-state index is 12.9. The zero-order chi connectivity index (χ0) is 19.7. The Morgan fingerprint density at radius 1 is 1.11 bits per heavy atom. The highest BCUT2D eigenvalue weighted by atomic mass is 16.5. The molecule has 7 heteroatoms. The first-order valence-electron chi connectivity index (χ1n) is 10.0. The van der Waals surface area contributed by atoms with Gasteiger partial charge in [-0.3, -0.25) is 14.4 Å². The molecule has 4 rings (SSSR count). The van der Waals surface area contributed by atoms with Gasteiger partial charge in [0.05, 0.1) is 19.6 Å². The van der Waals surface area contributed by atoms with Crippen molar-refractivity contribution in [1.29, 1.82) is 0 Å². The summed E-state index contributed by atoms with van der Waals surface area (Å²) in [7, 11) is 0. The summed E-state index contributed by atoms with van der Waals surface area (Å²) < 4.78 is 6.47. The molecule has 0 N–H and O–H groups in total. The molecule has 1 aromatic rings. The van der Waals surface area contributed by atoms with Crippen molar-refractivity contribution in [3.63, 3.8) is 0 Å². The Bertz CT molecular complexity index is 796. The van der Waals surface area contributed by atoms with Gasteiger partial charge in [0.15, 0.2) is 0 Å². The average Bonchev–Trinajstić information content (AvgIpc) is 2.99. The van der Waals surface area contributed by atoms with E-state index < -0.39 is 5.60 Å². The van der Waals surface area contributed by atoms with E-state index in [1.807, 2.05) is 29.2 Å². The molecule has 2 saturated heterocycles. The van der Waals surface area contributed by atoms with Crippen LogP contribution in [0.25, 0.3) is 0 Å². The van der Waals surface area contributed by atoms with E-state index in [9.17, 15) is 14.4 Å². The predicted octanol–water partition coefficient (Wildman–Crippen LogP) is 1.41. The number of likely N-dealkylation sites (tertiary alicyclic amines) is 2. The van der Waals surface area contributed by atoms with E-state index in [4.69, 9.17) is 4.74 Å². The molecule has 1 atom stereocenters. The summed E-state index contributed by atoms with van der Waals surface area (Å²) in [5, 5.41) is 0. The Labute approximate surface area is 165 Å². The lowest BCUT2D eigenvalue weighted by Gasteiger charge is -2.43.